The van der Waals surface area contributed by atoms with Gasteiger partial charge >= 0.3 is 6.09 Å². The van der Waals surface area contributed by atoms with E-state index >= 15 is 0 Å². The predicted molar refractivity (Wildman–Crippen MR) is 81.4 cm³/mol. The Balaban J connectivity index is 1.52. The molecule has 7 heteroatoms. The molecule has 6 nitrogen and oxygen atoms in total. The summed E-state index contributed by atoms with van der Waals surface area (Å²) in [4.78, 5) is 13.7. The Morgan fingerprint density at radius 2 is 1.86 bits per heavy atom. The summed E-state index contributed by atoms with van der Waals surface area (Å²) in [6, 6.07) is 8.53. The van der Waals surface area contributed by atoms with Crippen LogP contribution in [0.25, 0.3) is 0 Å². The molecule has 0 saturated carbocycles. The number of piperidine rings is 1. The fourth-order valence-corrected chi connectivity index (χ4v) is 4.27. The van der Waals surface area contributed by atoms with Gasteiger partial charge in [-0.1, -0.05) is 18.2 Å². The maximum Gasteiger partial charge on any atom is 0.407 e. The van der Waals surface area contributed by atoms with E-state index in [-0.39, 0.29) is 17.4 Å². The Hall–Kier alpha value is -1.60. The first kappa shape index (κ1) is 15.3. The summed E-state index contributed by atoms with van der Waals surface area (Å²) in [5.74, 6) is 0.113. The number of ether oxygens (including phenoxy) is 1. The number of carbonyl (C=O) groups is 1. The van der Waals surface area contributed by atoms with Crippen LogP contribution < -0.4 is 5.32 Å². The van der Waals surface area contributed by atoms with Crippen molar-refractivity contribution >= 4 is 15.9 Å². The molecule has 0 bridgehead atoms. The van der Waals surface area contributed by atoms with E-state index in [2.05, 4.69) is 10.2 Å². The van der Waals surface area contributed by atoms with Gasteiger partial charge in [-0.25, -0.2) is 13.2 Å². The molecule has 120 valence electrons. The average molecular weight is 324 g/mol. The molecule has 0 radical (unpaired) electrons. The SMILES string of the molecule is O=C1NCC2(CCN(CCS(=O)(=O)c3ccccc3)CC2)O1. The molecule has 22 heavy (non-hydrogen) atoms. The number of rotatable bonds is 4. The summed E-state index contributed by atoms with van der Waals surface area (Å²) >= 11 is 0. The number of hydrogen-bond acceptors (Lipinski definition) is 5. The van der Waals surface area contributed by atoms with Gasteiger partial charge < -0.3 is 15.0 Å². The van der Waals surface area contributed by atoms with Crippen LogP contribution in [0.2, 0.25) is 0 Å². The van der Waals surface area contributed by atoms with Crippen molar-refractivity contribution in [3.8, 4) is 0 Å². The molecule has 2 saturated heterocycles. The topological polar surface area (TPSA) is 75.7 Å². The monoisotopic (exact) mass is 324 g/mol. The molecule has 1 amide bonds. The van der Waals surface area contributed by atoms with Crippen molar-refractivity contribution in [2.24, 2.45) is 0 Å². The van der Waals surface area contributed by atoms with Gasteiger partial charge in [-0.15, -0.1) is 0 Å². The molecule has 1 aromatic rings. The highest BCUT2D eigenvalue weighted by Gasteiger charge is 2.42. The van der Waals surface area contributed by atoms with Gasteiger partial charge in [0.25, 0.3) is 0 Å². The summed E-state index contributed by atoms with van der Waals surface area (Å²) in [6.07, 6.45) is 1.15. The Morgan fingerprint density at radius 1 is 1.18 bits per heavy atom. The fraction of sp³-hybridized carbons (Fsp3) is 0.533. The van der Waals surface area contributed by atoms with Crippen molar-refractivity contribution in [3.05, 3.63) is 30.3 Å². The number of benzene rings is 1. The summed E-state index contributed by atoms with van der Waals surface area (Å²) in [6.45, 7) is 2.56. The van der Waals surface area contributed by atoms with Gasteiger partial charge in [0.05, 0.1) is 17.2 Å². The molecule has 2 fully saturated rings. The number of hydrogen-bond donors (Lipinski definition) is 1. The van der Waals surface area contributed by atoms with Crippen LogP contribution in [0, 0.1) is 0 Å². The molecule has 2 heterocycles. The van der Waals surface area contributed by atoms with Gasteiger partial charge in [0, 0.05) is 32.5 Å². The smallest absolute Gasteiger partial charge is 0.407 e. The van der Waals surface area contributed by atoms with Crippen LogP contribution >= 0.6 is 0 Å². The predicted octanol–water partition coefficient (Wildman–Crippen LogP) is 1.03. The van der Waals surface area contributed by atoms with Crippen molar-refractivity contribution in [2.75, 3.05) is 31.9 Å². The van der Waals surface area contributed by atoms with Gasteiger partial charge in [0.2, 0.25) is 0 Å². The number of nitrogens with one attached hydrogen (secondary N) is 1. The van der Waals surface area contributed by atoms with Gasteiger partial charge in [-0.3, -0.25) is 0 Å². The Morgan fingerprint density at radius 3 is 2.45 bits per heavy atom. The number of nitrogens with zero attached hydrogens (tertiary/aromatic N) is 1. The van der Waals surface area contributed by atoms with Crippen LogP contribution in [0.4, 0.5) is 4.79 Å². The third-order valence-electron chi connectivity index (χ3n) is 4.41. The van der Waals surface area contributed by atoms with Crippen LogP contribution in [-0.4, -0.2) is 56.9 Å². The van der Waals surface area contributed by atoms with E-state index in [1.807, 2.05) is 0 Å². The average Bonchev–Trinajstić information content (AvgIpc) is 2.89. The second-order valence-corrected chi connectivity index (χ2v) is 8.01. The second kappa shape index (κ2) is 5.89. The van der Waals surface area contributed by atoms with Crippen LogP contribution in [-0.2, 0) is 14.6 Å². The van der Waals surface area contributed by atoms with Crippen molar-refractivity contribution in [2.45, 2.75) is 23.3 Å². The number of likely N-dealkylation sites (tertiary alicyclic amines) is 1. The zero-order valence-corrected chi connectivity index (χ0v) is 13.1. The van der Waals surface area contributed by atoms with Crippen molar-refractivity contribution in [1.82, 2.24) is 10.2 Å². The molecule has 1 aromatic carbocycles. The fourth-order valence-electron chi connectivity index (χ4n) is 2.96. The molecule has 2 aliphatic heterocycles. The highest BCUT2D eigenvalue weighted by atomic mass is 32.2. The lowest BCUT2D eigenvalue weighted by Gasteiger charge is -2.37. The largest absolute Gasteiger partial charge is 0.441 e. The first-order chi connectivity index (χ1) is 10.5. The molecule has 3 rings (SSSR count). The maximum absolute atomic E-state index is 12.3. The standard InChI is InChI=1S/C15H20N2O4S/c18-14-16-12-15(21-14)6-8-17(9-7-15)10-11-22(19,20)13-4-2-1-3-5-13/h1-5H,6-12H2,(H,16,18). The zero-order chi connectivity index (χ0) is 15.6. The molecule has 0 unspecified atom stereocenters. The third-order valence-corrected chi connectivity index (χ3v) is 6.12. The lowest BCUT2D eigenvalue weighted by atomic mass is 9.92. The lowest BCUT2D eigenvalue weighted by Crippen LogP contribution is -2.47. The molecule has 1 spiro atoms. The first-order valence-electron chi connectivity index (χ1n) is 7.46. The summed E-state index contributed by atoms with van der Waals surface area (Å²) in [5.41, 5.74) is -0.383. The maximum atomic E-state index is 12.3. The lowest BCUT2D eigenvalue weighted by molar-refractivity contribution is 0.00236. The number of alkyl carbamates (subject to hydrolysis) is 1. The molecule has 0 atom stereocenters. The third kappa shape index (κ3) is 3.25. The van der Waals surface area contributed by atoms with Crippen molar-refractivity contribution < 1.29 is 17.9 Å². The van der Waals surface area contributed by atoms with Crippen molar-refractivity contribution in [3.63, 3.8) is 0 Å². The van der Waals surface area contributed by atoms with Gasteiger partial charge in [-0.2, -0.15) is 0 Å². The van der Waals surface area contributed by atoms with Crippen LogP contribution in [0.15, 0.2) is 35.2 Å². The molecule has 1 N–H and O–H groups in total. The normalized spacial score (nSPS) is 21.5. The van der Waals surface area contributed by atoms with E-state index in [0.717, 1.165) is 25.9 Å². The Bertz CT molecular complexity index is 637. The first-order valence-corrected chi connectivity index (χ1v) is 9.11. The minimum Gasteiger partial charge on any atom is -0.441 e. The van der Waals surface area contributed by atoms with E-state index in [4.69, 9.17) is 4.74 Å². The highest BCUT2D eigenvalue weighted by Crippen LogP contribution is 2.29. The number of amides is 1. The van der Waals surface area contributed by atoms with E-state index in [1.54, 1.807) is 30.3 Å². The number of carbonyl (C=O) groups excluding carboxylic acids is 1. The van der Waals surface area contributed by atoms with Crippen LogP contribution in [0.1, 0.15) is 12.8 Å². The van der Waals surface area contributed by atoms with Gasteiger partial charge in [-0.05, 0) is 12.1 Å². The van der Waals surface area contributed by atoms with E-state index in [1.165, 1.54) is 0 Å². The quantitative estimate of drug-likeness (QED) is 0.895. The minimum atomic E-state index is -3.24. The van der Waals surface area contributed by atoms with E-state index in [0.29, 0.717) is 18.0 Å². The van der Waals surface area contributed by atoms with Crippen molar-refractivity contribution in [1.29, 1.82) is 0 Å². The summed E-state index contributed by atoms with van der Waals surface area (Å²) < 4.78 is 29.9. The van der Waals surface area contributed by atoms with Gasteiger partial charge in [0.1, 0.15) is 5.60 Å². The summed E-state index contributed by atoms with van der Waals surface area (Å²) in [7, 11) is -3.24. The zero-order valence-electron chi connectivity index (χ0n) is 12.3. The number of sulfone groups is 1. The molecule has 0 aliphatic carbocycles. The van der Waals surface area contributed by atoms with E-state index < -0.39 is 9.84 Å². The highest BCUT2D eigenvalue weighted by molar-refractivity contribution is 7.91. The van der Waals surface area contributed by atoms with Crippen LogP contribution in [0.5, 0.6) is 0 Å². The summed E-state index contributed by atoms with van der Waals surface area (Å²) in [5, 5.41) is 2.70. The van der Waals surface area contributed by atoms with Gasteiger partial charge in [0.15, 0.2) is 9.84 Å². The van der Waals surface area contributed by atoms with E-state index in [9.17, 15) is 13.2 Å². The van der Waals surface area contributed by atoms with Crippen LogP contribution in [0.3, 0.4) is 0 Å². The molecular formula is C15H20N2O4S. The Labute approximate surface area is 130 Å². The minimum absolute atomic E-state index is 0.113. The molecular weight excluding hydrogens is 304 g/mol. The second-order valence-electron chi connectivity index (χ2n) is 5.90. The molecule has 0 aromatic heterocycles. The Kier molecular flexibility index (Phi) is 4.10. The molecule has 2 aliphatic rings.